The van der Waals surface area contributed by atoms with Gasteiger partial charge in [0.1, 0.15) is 23.6 Å². The highest BCUT2D eigenvalue weighted by Gasteiger charge is 2.26. The second-order valence-electron chi connectivity index (χ2n) is 9.61. The van der Waals surface area contributed by atoms with Crippen molar-refractivity contribution in [2.45, 2.75) is 26.4 Å². The summed E-state index contributed by atoms with van der Waals surface area (Å²) >= 11 is 6.41. The number of rotatable bonds is 5. The van der Waals surface area contributed by atoms with E-state index in [0.29, 0.717) is 5.02 Å². The molecule has 8 nitrogen and oxygen atoms in total. The van der Waals surface area contributed by atoms with Crippen molar-refractivity contribution in [1.82, 2.24) is 29.6 Å². The van der Waals surface area contributed by atoms with Gasteiger partial charge in [0, 0.05) is 50.2 Å². The molecule has 0 aliphatic carbocycles. The number of phenols is 1. The Hall–Kier alpha value is -3.62. The number of nitrogens with zero attached hydrogens (tertiary/aromatic N) is 6. The molecule has 0 saturated carbocycles. The number of anilines is 1. The van der Waals surface area contributed by atoms with Gasteiger partial charge >= 0.3 is 0 Å². The fourth-order valence-corrected chi connectivity index (χ4v) is 5.29. The van der Waals surface area contributed by atoms with Crippen LogP contribution in [0, 0.1) is 0 Å². The van der Waals surface area contributed by atoms with E-state index in [-0.39, 0.29) is 11.8 Å². The topological polar surface area (TPSA) is 86.1 Å². The fourth-order valence-electron chi connectivity index (χ4n) is 5.02. The Labute approximate surface area is 214 Å². The van der Waals surface area contributed by atoms with Crippen LogP contribution < -0.4 is 4.90 Å². The van der Waals surface area contributed by atoms with Gasteiger partial charge in [-0.05, 0) is 31.5 Å². The zero-order valence-corrected chi connectivity index (χ0v) is 21.1. The summed E-state index contributed by atoms with van der Waals surface area (Å²) in [5, 5.41) is 17.2. The average molecular weight is 502 g/mol. The monoisotopic (exact) mass is 501 g/mol. The number of piperazine rings is 1. The van der Waals surface area contributed by atoms with Gasteiger partial charge in [-0.1, -0.05) is 41.9 Å². The highest BCUT2D eigenvalue weighted by atomic mass is 35.5. The molecule has 1 aliphatic rings. The quantitative estimate of drug-likeness (QED) is 0.342. The Morgan fingerprint density at radius 1 is 1.03 bits per heavy atom. The van der Waals surface area contributed by atoms with Crippen molar-refractivity contribution in [3.8, 4) is 17.1 Å². The van der Waals surface area contributed by atoms with Crippen LogP contribution in [0.25, 0.3) is 33.3 Å². The molecule has 0 radical (unpaired) electrons. The van der Waals surface area contributed by atoms with Crippen molar-refractivity contribution in [2.24, 2.45) is 0 Å². The van der Waals surface area contributed by atoms with Crippen molar-refractivity contribution in [3.63, 3.8) is 0 Å². The highest BCUT2D eigenvalue weighted by Crippen LogP contribution is 2.37. The van der Waals surface area contributed by atoms with Gasteiger partial charge in [0.2, 0.25) is 0 Å². The van der Waals surface area contributed by atoms with E-state index in [1.165, 1.54) is 5.56 Å². The van der Waals surface area contributed by atoms with Crippen molar-refractivity contribution in [2.75, 3.05) is 31.1 Å². The number of aromatic hydroxyl groups is 1. The second kappa shape index (κ2) is 9.11. The van der Waals surface area contributed by atoms with Crippen LogP contribution in [0.15, 0.2) is 54.9 Å². The van der Waals surface area contributed by atoms with Crippen LogP contribution in [-0.2, 0) is 6.54 Å². The summed E-state index contributed by atoms with van der Waals surface area (Å²) in [4.78, 5) is 17.6. The molecule has 36 heavy (non-hydrogen) atoms. The number of hydrogen-bond acceptors (Lipinski definition) is 6. The molecule has 4 heterocycles. The lowest BCUT2D eigenvalue weighted by Gasteiger charge is -2.35. The maximum atomic E-state index is 10.0. The average Bonchev–Trinajstić information content (AvgIpc) is 3.47. The van der Waals surface area contributed by atoms with E-state index in [9.17, 15) is 5.11 Å². The molecular weight excluding hydrogens is 474 g/mol. The summed E-state index contributed by atoms with van der Waals surface area (Å²) in [6.45, 7) is 8.80. The van der Waals surface area contributed by atoms with Crippen LogP contribution in [0.2, 0.25) is 5.02 Å². The Morgan fingerprint density at radius 2 is 1.81 bits per heavy atom. The molecule has 2 aromatic carbocycles. The summed E-state index contributed by atoms with van der Waals surface area (Å²) < 4.78 is 1.95. The number of nitrogens with one attached hydrogen (secondary N) is 1. The molecule has 2 N–H and O–H groups in total. The van der Waals surface area contributed by atoms with Gasteiger partial charge in [0.25, 0.3) is 0 Å². The molecule has 1 saturated heterocycles. The Kier molecular flexibility index (Phi) is 5.78. The molecule has 184 valence electrons. The smallest absolute Gasteiger partial charge is 0.164 e. The zero-order valence-electron chi connectivity index (χ0n) is 20.3. The number of H-pyrrole nitrogens is 1. The summed E-state index contributed by atoms with van der Waals surface area (Å²) in [5.74, 6) is 1.03. The van der Waals surface area contributed by atoms with Gasteiger partial charge in [0.05, 0.1) is 21.6 Å². The van der Waals surface area contributed by atoms with Gasteiger partial charge < -0.3 is 15.0 Å². The lowest BCUT2D eigenvalue weighted by molar-refractivity contribution is 0.249. The fraction of sp³-hybridized carbons (Fsp3) is 0.296. The van der Waals surface area contributed by atoms with Crippen LogP contribution >= 0.6 is 11.6 Å². The molecule has 0 unspecified atom stereocenters. The van der Waals surface area contributed by atoms with Crippen molar-refractivity contribution in [3.05, 3.63) is 65.4 Å². The van der Waals surface area contributed by atoms with Crippen molar-refractivity contribution >= 4 is 39.4 Å². The number of aromatic amines is 1. The predicted molar refractivity (Wildman–Crippen MR) is 144 cm³/mol. The SMILES string of the molecule is CC(C)n1nc(-c2cc3cc(O)cc(Cl)c3[nH]2)c2c(N3CCN(Cc4ccccc4)CC3)ncnc21. The third-order valence-corrected chi connectivity index (χ3v) is 7.10. The van der Waals surface area contributed by atoms with Crippen LogP contribution in [-0.4, -0.2) is 60.9 Å². The predicted octanol–water partition coefficient (Wildman–Crippen LogP) is 5.24. The second-order valence-corrected chi connectivity index (χ2v) is 10.0. The van der Waals surface area contributed by atoms with Gasteiger partial charge in [0.15, 0.2) is 5.65 Å². The first-order valence-corrected chi connectivity index (χ1v) is 12.6. The molecule has 3 aromatic heterocycles. The Balaban J connectivity index is 1.38. The van der Waals surface area contributed by atoms with E-state index < -0.39 is 0 Å². The molecule has 0 spiro atoms. The van der Waals surface area contributed by atoms with Crippen molar-refractivity contribution in [1.29, 1.82) is 0 Å². The van der Waals surface area contributed by atoms with Gasteiger partial charge in [-0.25, -0.2) is 14.6 Å². The first-order chi connectivity index (χ1) is 17.5. The standard InChI is InChI=1S/C27H28ClN7O/c1-17(2)35-27-23(25(32-35)22-13-19-12-20(36)14-21(28)24(19)31-22)26(29-16-30-27)34-10-8-33(9-11-34)15-18-6-4-3-5-7-18/h3-7,12-14,16-17,31,36H,8-11,15H2,1-2H3. The third-order valence-electron chi connectivity index (χ3n) is 6.80. The minimum Gasteiger partial charge on any atom is -0.508 e. The van der Waals surface area contributed by atoms with Crippen LogP contribution in [0.4, 0.5) is 5.82 Å². The van der Waals surface area contributed by atoms with Gasteiger partial charge in [-0.2, -0.15) is 5.10 Å². The van der Waals surface area contributed by atoms with E-state index in [1.54, 1.807) is 18.5 Å². The minimum absolute atomic E-state index is 0.128. The summed E-state index contributed by atoms with van der Waals surface area (Å²) in [7, 11) is 0. The van der Waals surface area contributed by atoms with Gasteiger partial charge in [-0.15, -0.1) is 0 Å². The van der Waals surface area contributed by atoms with E-state index >= 15 is 0 Å². The molecular formula is C27H28ClN7O. The van der Waals surface area contributed by atoms with Gasteiger partial charge in [-0.3, -0.25) is 4.90 Å². The van der Waals surface area contributed by atoms with E-state index in [2.05, 4.69) is 63.9 Å². The number of hydrogen-bond donors (Lipinski definition) is 2. The normalized spacial score (nSPS) is 14.9. The van der Waals surface area contributed by atoms with E-state index in [1.807, 2.05) is 10.7 Å². The molecule has 1 fully saturated rings. The molecule has 0 atom stereocenters. The first-order valence-electron chi connectivity index (χ1n) is 12.2. The molecule has 9 heteroatoms. The number of halogens is 1. The lowest BCUT2D eigenvalue weighted by atomic mass is 10.1. The lowest BCUT2D eigenvalue weighted by Crippen LogP contribution is -2.46. The first kappa shape index (κ1) is 22.8. The Morgan fingerprint density at radius 3 is 2.56 bits per heavy atom. The summed E-state index contributed by atoms with van der Waals surface area (Å²) in [6.07, 6.45) is 1.64. The van der Waals surface area contributed by atoms with Crippen molar-refractivity contribution < 1.29 is 5.11 Å². The molecule has 5 aromatic rings. The zero-order chi connectivity index (χ0) is 24.8. The number of phenolic OH excluding ortho intramolecular Hbond substituents is 1. The minimum atomic E-state index is 0.128. The molecule has 6 rings (SSSR count). The largest absolute Gasteiger partial charge is 0.508 e. The maximum Gasteiger partial charge on any atom is 0.164 e. The molecule has 0 bridgehead atoms. The number of benzene rings is 2. The van der Waals surface area contributed by atoms with Crippen LogP contribution in [0.3, 0.4) is 0 Å². The third kappa shape index (κ3) is 4.06. The van der Waals surface area contributed by atoms with Crippen LogP contribution in [0.5, 0.6) is 5.75 Å². The highest BCUT2D eigenvalue weighted by molar-refractivity contribution is 6.35. The maximum absolute atomic E-state index is 10.0. The van der Waals surface area contributed by atoms with E-state index in [0.717, 1.165) is 71.9 Å². The number of aromatic nitrogens is 5. The summed E-state index contributed by atoms with van der Waals surface area (Å²) in [6, 6.07) is 15.9. The number of fused-ring (bicyclic) bond motifs is 2. The Bertz CT molecular complexity index is 1530. The molecule has 1 aliphatic heterocycles. The molecule has 0 amide bonds. The summed E-state index contributed by atoms with van der Waals surface area (Å²) in [5.41, 5.74) is 4.52. The van der Waals surface area contributed by atoms with E-state index in [4.69, 9.17) is 21.7 Å². The van der Waals surface area contributed by atoms with Crippen LogP contribution in [0.1, 0.15) is 25.5 Å².